The van der Waals surface area contributed by atoms with Gasteiger partial charge in [0.05, 0.1) is 78.2 Å². The van der Waals surface area contributed by atoms with Gasteiger partial charge in [-0.15, -0.1) is 0 Å². The Morgan fingerprint density at radius 2 is 0.462 bits per heavy atom. The first-order valence-corrected chi connectivity index (χ1v) is 30.3. The summed E-state index contributed by atoms with van der Waals surface area (Å²) in [4.78, 5) is 170. The van der Waals surface area contributed by atoms with Crippen molar-refractivity contribution in [2.75, 3.05) is 262 Å². The number of carboxylic acids is 9. The van der Waals surface area contributed by atoms with Gasteiger partial charge in [-0.2, -0.15) is 0 Å². The van der Waals surface area contributed by atoms with Crippen molar-refractivity contribution in [3.63, 3.8) is 0 Å². The number of nitrogens with zero attached hydrogens (tertiary/aromatic N) is 13. The summed E-state index contributed by atoms with van der Waals surface area (Å²) in [6, 6.07) is 0. The van der Waals surface area contributed by atoms with Crippen LogP contribution in [-0.2, 0) is 57.5 Å². The zero-order valence-corrected chi connectivity index (χ0v) is 52.1. The predicted octanol–water partition coefficient (Wildman–Crippen LogP) is -8.59. The maximum absolute atomic E-state index is 14.1. The Kier molecular flexibility index (Phi) is 37.1. The lowest BCUT2D eigenvalue weighted by molar-refractivity contribution is -0.140. The van der Waals surface area contributed by atoms with Gasteiger partial charge < -0.3 is 61.9 Å². The van der Waals surface area contributed by atoms with E-state index in [1.807, 2.05) is 9.80 Å². The van der Waals surface area contributed by atoms with Gasteiger partial charge in [0.1, 0.15) is 0 Å². The Morgan fingerprint density at radius 1 is 0.286 bits per heavy atom. The van der Waals surface area contributed by atoms with Gasteiger partial charge in [-0.1, -0.05) is 0 Å². The molecule has 37 heteroatoms. The standard InChI is InChI=1S/C54H96N16O21/c1-42(71)57-30-45(70-28-26-67(40-53(88)89)24-22-66(39-52(86)87)23-25-68(27-29-70)41-54(90)91)69(4-2-55-43(72)31-58-6-10-60(33-46(74)75)14-18-64(37-50(82)83)19-15-61(11-7-58)34-47(76)77)5-3-56-44(73)32-59-8-12-62(35-48(78)79)16-20-65(38-51(84)85)21-17-63(13-9-59)36-49(80)81/h45H,2-41H2,1H3,(H,55,72)(H,56,73)(H,57,71)(H,74,75)(H,76,77)(H,78,79)(H,80,81)(H,82,83)(H,84,85)(H,86,87)(H,88,89)(H,90,91). The fraction of sp³-hybridized carbons (Fsp3) is 0.778. The molecule has 3 rings (SSSR count). The second-order valence-corrected chi connectivity index (χ2v) is 22.8. The summed E-state index contributed by atoms with van der Waals surface area (Å²) in [5.41, 5.74) is 0. The number of hydrogen-bond donors (Lipinski definition) is 12. The number of aliphatic carboxylic acids is 9. The minimum Gasteiger partial charge on any atom is -0.480 e. The summed E-state index contributed by atoms with van der Waals surface area (Å²) in [5.74, 6) is -11.6. The zero-order chi connectivity index (χ0) is 67.4. The minimum absolute atomic E-state index is 0.0324. The van der Waals surface area contributed by atoms with Crippen LogP contribution in [-0.4, -0.2) is 449 Å². The molecule has 0 aromatic rings. The summed E-state index contributed by atoms with van der Waals surface area (Å²) in [6.45, 7) is 0.631. The Bertz CT molecular complexity index is 2170. The van der Waals surface area contributed by atoms with Crippen LogP contribution in [0.3, 0.4) is 0 Å². The first-order valence-electron chi connectivity index (χ1n) is 30.3. The highest BCUT2D eigenvalue weighted by Gasteiger charge is 2.30. The molecule has 1 unspecified atom stereocenters. The van der Waals surface area contributed by atoms with Gasteiger partial charge in [-0.25, -0.2) is 0 Å². The molecule has 1 atom stereocenters. The molecule has 0 saturated carbocycles. The number of carboxylic acid groups (broad SMARTS) is 9. The van der Waals surface area contributed by atoms with Crippen LogP contribution in [0.5, 0.6) is 0 Å². The molecule has 12 N–H and O–H groups in total. The summed E-state index contributed by atoms with van der Waals surface area (Å²) in [5, 5.41) is 96.4. The second-order valence-electron chi connectivity index (χ2n) is 22.8. The third kappa shape index (κ3) is 36.7. The molecule has 0 spiro atoms. The topological polar surface area (TPSA) is 465 Å². The van der Waals surface area contributed by atoms with Crippen molar-refractivity contribution in [2.24, 2.45) is 0 Å². The zero-order valence-electron chi connectivity index (χ0n) is 52.1. The third-order valence-electron chi connectivity index (χ3n) is 15.5. The van der Waals surface area contributed by atoms with Gasteiger partial charge in [-0.05, 0) is 0 Å². The van der Waals surface area contributed by atoms with E-state index in [4.69, 9.17) is 0 Å². The van der Waals surface area contributed by atoms with Crippen LogP contribution in [0, 0.1) is 0 Å². The van der Waals surface area contributed by atoms with E-state index in [2.05, 4.69) is 16.0 Å². The van der Waals surface area contributed by atoms with Crippen LogP contribution in [0.1, 0.15) is 6.92 Å². The fourth-order valence-corrected chi connectivity index (χ4v) is 10.8. The molecule has 37 nitrogen and oxygen atoms in total. The average molecular weight is 1310 g/mol. The van der Waals surface area contributed by atoms with Gasteiger partial charge in [0.25, 0.3) is 0 Å². The number of amides is 3. The molecule has 3 fully saturated rings. The number of carbonyl (C=O) groups excluding carboxylic acids is 3. The van der Waals surface area contributed by atoms with Crippen molar-refractivity contribution in [2.45, 2.75) is 13.1 Å². The van der Waals surface area contributed by atoms with Crippen LogP contribution in [0.15, 0.2) is 0 Å². The molecular weight excluding hydrogens is 1210 g/mol. The van der Waals surface area contributed by atoms with Crippen molar-refractivity contribution >= 4 is 71.4 Å². The summed E-state index contributed by atoms with van der Waals surface area (Å²) < 4.78 is 0. The lowest BCUT2D eigenvalue weighted by Gasteiger charge is -2.42. The number of hydrogen-bond acceptors (Lipinski definition) is 25. The van der Waals surface area contributed by atoms with Crippen LogP contribution < -0.4 is 16.0 Å². The SMILES string of the molecule is CC(=O)NCC(N(CCNC(=O)CN1CCN(CC(=O)O)CCN(CC(=O)O)CCN(CC(=O)O)CC1)CCNC(=O)CN1CCN(CC(=O)O)CCN(CC(=O)O)CCN(CC(=O)O)CC1)N1CCN(CC(=O)O)CCN(CC(=O)O)CCN(CC(=O)O)CC1. The maximum atomic E-state index is 14.1. The first-order chi connectivity index (χ1) is 43.1. The van der Waals surface area contributed by atoms with Crippen LogP contribution >= 0.6 is 0 Å². The van der Waals surface area contributed by atoms with Crippen LogP contribution in [0.2, 0.25) is 0 Å². The minimum atomic E-state index is -1.15. The molecule has 518 valence electrons. The molecule has 0 aromatic heterocycles. The van der Waals surface area contributed by atoms with E-state index >= 15 is 0 Å². The molecule has 3 aliphatic rings. The summed E-state index contributed by atoms with van der Waals surface area (Å²) in [6.07, 6.45) is -0.800. The van der Waals surface area contributed by atoms with E-state index in [1.54, 1.807) is 53.9 Å². The van der Waals surface area contributed by atoms with Gasteiger partial charge >= 0.3 is 53.7 Å². The van der Waals surface area contributed by atoms with Gasteiger partial charge in [-0.3, -0.25) is 121 Å². The normalized spacial score (nSPS) is 19.6. The fourth-order valence-electron chi connectivity index (χ4n) is 10.8. The van der Waals surface area contributed by atoms with Crippen LogP contribution in [0.25, 0.3) is 0 Å². The molecular formula is C54H96N16O21. The number of rotatable bonds is 32. The molecule has 3 aliphatic heterocycles. The Morgan fingerprint density at radius 3 is 0.637 bits per heavy atom. The highest BCUT2D eigenvalue weighted by atomic mass is 16.4. The van der Waals surface area contributed by atoms with E-state index in [9.17, 15) is 103 Å². The van der Waals surface area contributed by atoms with Crippen molar-refractivity contribution in [3.8, 4) is 0 Å². The molecule has 0 aromatic carbocycles. The quantitative estimate of drug-likeness (QED) is 0.0298. The molecule has 3 saturated heterocycles. The van der Waals surface area contributed by atoms with E-state index in [1.165, 1.54) is 6.92 Å². The highest BCUT2D eigenvalue weighted by Crippen LogP contribution is 2.11. The second kappa shape index (κ2) is 43.0. The molecule has 3 heterocycles. The van der Waals surface area contributed by atoms with E-state index in [-0.39, 0.29) is 249 Å². The lowest BCUT2D eigenvalue weighted by Crippen LogP contribution is -2.60. The van der Waals surface area contributed by atoms with Gasteiger partial charge in [0, 0.05) is 197 Å². The van der Waals surface area contributed by atoms with Crippen molar-refractivity contribution in [1.82, 2.24) is 79.6 Å². The smallest absolute Gasteiger partial charge is 0.317 e. The maximum Gasteiger partial charge on any atom is 0.317 e. The monoisotopic (exact) mass is 1300 g/mol. The molecule has 0 bridgehead atoms. The lowest BCUT2D eigenvalue weighted by atomic mass is 10.2. The van der Waals surface area contributed by atoms with Crippen molar-refractivity contribution < 1.29 is 103 Å². The summed E-state index contributed by atoms with van der Waals surface area (Å²) >= 11 is 0. The van der Waals surface area contributed by atoms with Gasteiger partial charge in [0.15, 0.2) is 0 Å². The third-order valence-corrected chi connectivity index (χ3v) is 15.5. The summed E-state index contributed by atoms with van der Waals surface area (Å²) in [7, 11) is 0. The molecule has 91 heavy (non-hydrogen) atoms. The van der Waals surface area contributed by atoms with E-state index in [0.717, 1.165) is 0 Å². The largest absolute Gasteiger partial charge is 0.480 e. The average Bonchev–Trinajstić information content (AvgIpc) is 1.23. The molecule has 0 radical (unpaired) electrons. The molecule has 3 amide bonds. The van der Waals surface area contributed by atoms with E-state index in [0.29, 0.717) is 0 Å². The predicted molar refractivity (Wildman–Crippen MR) is 321 cm³/mol. The van der Waals surface area contributed by atoms with Crippen LogP contribution in [0.4, 0.5) is 0 Å². The first kappa shape index (κ1) is 78.4. The Labute approximate surface area is 528 Å². The Hall–Kier alpha value is -6.88. The highest BCUT2D eigenvalue weighted by molar-refractivity contribution is 5.78. The number of nitrogens with one attached hydrogen (secondary N) is 3. The number of carbonyl (C=O) groups is 12. The Balaban J connectivity index is 2.02. The van der Waals surface area contributed by atoms with Crippen molar-refractivity contribution in [1.29, 1.82) is 0 Å². The van der Waals surface area contributed by atoms with E-state index < -0.39 is 90.7 Å². The van der Waals surface area contributed by atoms with Crippen molar-refractivity contribution in [3.05, 3.63) is 0 Å². The van der Waals surface area contributed by atoms with Gasteiger partial charge in [0.2, 0.25) is 17.7 Å². The molecule has 0 aliphatic carbocycles.